The minimum atomic E-state index is -0.141. The van der Waals surface area contributed by atoms with Gasteiger partial charge in [-0.25, -0.2) is 0 Å². The van der Waals surface area contributed by atoms with Gasteiger partial charge in [-0.3, -0.25) is 9.36 Å². The van der Waals surface area contributed by atoms with E-state index >= 15 is 0 Å². The van der Waals surface area contributed by atoms with E-state index in [0.29, 0.717) is 11.4 Å². The number of nitrogens with one attached hydrogen (secondary N) is 1. The summed E-state index contributed by atoms with van der Waals surface area (Å²) in [4.78, 5) is 12.5. The van der Waals surface area contributed by atoms with Gasteiger partial charge in [-0.15, -0.1) is 10.2 Å². The molecule has 7 heteroatoms. The Morgan fingerprint density at radius 1 is 1.19 bits per heavy atom. The van der Waals surface area contributed by atoms with Crippen molar-refractivity contribution in [1.29, 1.82) is 0 Å². The number of hydrogen-bond donors (Lipinski definition) is 1. The minimum absolute atomic E-state index is 0.141. The third-order valence-electron chi connectivity index (χ3n) is 3.99. The molecule has 0 atom stereocenters. The fraction of sp³-hybridized carbons (Fsp3) is 0.250. The van der Waals surface area contributed by atoms with E-state index in [1.54, 1.807) is 24.9 Å². The first-order chi connectivity index (χ1) is 13.1. The van der Waals surface area contributed by atoms with Crippen LogP contribution >= 0.6 is 11.8 Å². The highest BCUT2D eigenvalue weighted by Crippen LogP contribution is 2.28. The van der Waals surface area contributed by atoms with Crippen LogP contribution in [-0.2, 0) is 6.54 Å². The molecule has 0 bridgehead atoms. The SMILES string of the molecule is CCSc1nnc(CNC(=O)c2cccc(C)c2)n1-c1ccccc1OC. The lowest BCUT2D eigenvalue weighted by Crippen LogP contribution is -2.24. The van der Waals surface area contributed by atoms with Crippen molar-refractivity contribution in [2.24, 2.45) is 0 Å². The summed E-state index contributed by atoms with van der Waals surface area (Å²) < 4.78 is 7.43. The van der Waals surface area contributed by atoms with Crippen molar-refractivity contribution in [2.75, 3.05) is 12.9 Å². The number of rotatable bonds is 7. The van der Waals surface area contributed by atoms with Crippen molar-refractivity contribution < 1.29 is 9.53 Å². The molecule has 0 radical (unpaired) electrons. The molecule has 6 nitrogen and oxygen atoms in total. The van der Waals surface area contributed by atoms with Crippen LogP contribution in [0, 0.1) is 6.92 Å². The van der Waals surface area contributed by atoms with E-state index in [1.807, 2.05) is 54.0 Å². The normalized spacial score (nSPS) is 10.6. The summed E-state index contributed by atoms with van der Waals surface area (Å²) in [5.41, 5.74) is 2.52. The summed E-state index contributed by atoms with van der Waals surface area (Å²) in [6.07, 6.45) is 0. The maximum Gasteiger partial charge on any atom is 0.251 e. The minimum Gasteiger partial charge on any atom is -0.495 e. The van der Waals surface area contributed by atoms with Crippen LogP contribution in [0.1, 0.15) is 28.7 Å². The molecule has 0 saturated heterocycles. The van der Waals surface area contributed by atoms with Gasteiger partial charge in [0.25, 0.3) is 5.91 Å². The maximum atomic E-state index is 12.5. The zero-order valence-corrected chi connectivity index (χ0v) is 16.4. The van der Waals surface area contributed by atoms with Gasteiger partial charge < -0.3 is 10.1 Å². The van der Waals surface area contributed by atoms with Crippen LogP contribution in [-0.4, -0.2) is 33.5 Å². The van der Waals surface area contributed by atoms with Crippen molar-refractivity contribution >= 4 is 17.7 Å². The highest BCUT2D eigenvalue weighted by Gasteiger charge is 2.18. The Balaban J connectivity index is 1.89. The standard InChI is InChI=1S/C20H22N4O2S/c1-4-27-20-23-22-18(24(20)16-10-5-6-11-17(16)26-3)13-21-19(25)15-9-7-8-14(2)12-15/h5-12H,4,13H2,1-3H3,(H,21,25). The quantitative estimate of drug-likeness (QED) is 0.632. The lowest BCUT2D eigenvalue weighted by Gasteiger charge is -2.14. The second-order valence-electron chi connectivity index (χ2n) is 5.89. The number of thioether (sulfide) groups is 1. The number of aryl methyl sites for hydroxylation is 1. The van der Waals surface area contributed by atoms with Gasteiger partial charge in [-0.2, -0.15) is 0 Å². The smallest absolute Gasteiger partial charge is 0.251 e. The Morgan fingerprint density at radius 3 is 2.74 bits per heavy atom. The van der Waals surface area contributed by atoms with Crippen LogP contribution in [0.3, 0.4) is 0 Å². The van der Waals surface area contributed by atoms with E-state index in [0.717, 1.165) is 27.9 Å². The Kier molecular flexibility index (Phi) is 6.13. The van der Waals surface area contributed by atoms with Gasteiger partial charge in [-0.1, -0.05) is 48.5 Å². The number of amides is 1. The third kappa shape index (κ3) is 4.31. The molecule has 0 unspecified atom stereocenters. The molecule has 0 aliphatic heterocycles. The fourth-order valence-corrected chi connectivity index (χ4v) is 3.43. The second kappa shape index (κ2) is 8.73. The zero-order valence-electron chi connectivity index (χ0n) is 15.6. The lowest BCUT2D eigenvalue weighted by molar-refractivity contribution is 0.0949. The van der Waals surface area contributed by atoms with Crippen molar-refractivity contribution in [3.63, 3.8) is 0 Å². The topological polar surface area (TPSA) is 69.0 Å². The van der Waals surface area contributed by atoms with Gasteiger partial charge >= 0.3 is 0 Å². The van der Waals surface area contributed by atoms with Gasteiger partial charge in [0.2, 0.25) is 0 Å². The molecule has 0 spiro atoms. The fourth-order valence-electron chi connectivity index (χ4n) is 2.74. The summed E-state index contributed by atoms with van der Waals surface area (Å²) in [6, 6.07) is 15.2. The molecule has 2 aromatic carbocycles. The maximum absolute atomic E-state index is 12.5. The summed E-state index contributed by atoms with van der Waals surface area (Å²) in [5.74, 6) is 2.10. The Bertz CT molecular complexity index is 939. The predicted molar refractivity (Wildman–Crippen MR) is 107 cm³/mol. The largest absolute Gasteiger partial charge is 0.495 e. The number of para-hydroxylation sites is 2. The van der Waals surface area contributed by atoms with Crippen LogP contribution in [0.5, 0.6) is 5.75 Å². The molecule has 3 aromatic rings. The van der Waals surface area contributed by atoms with Gasteiger partial charge in [0.15, 0.2) is 11.0 Å². The molecule has 3 rings (SSSR count). The zero-order chi connectivity index (χ0) is 19.2. The van der Waals surface area contributed by atoms with E-state index in [-0.39, 0.29) is 12.5 Å². The number of carbonyl (C=O) groups is 1. The Morgan fingerprint density at radius 2 is 2.00 bits per heavy atom. The average Bonchev–Trinajstić information content (AvgIpc) is 3.08. The van der Waals surface area contributed by atoms with Crippen molar-refractivity contribution in [2.45, 2.75) is 25.5 Å². The number of hydrogen-bond acceptors (Lipinski definition) is 5. The highest BCUT2D eigenvalue weighted by atomic mass is 32.2. The van der Waals surface area contributed by atoms with Crippen LogP contribution in [0.15, 0.2) is 53.7 Å². The van der Waals surface area contributed by atoms with Crippen LogP contribution in [0.2, 0.25) is 0 Å². The Labute approximate surface area is 163 Å². The van der Waals surface area contributed by atoms with Crippen LogP contribution in [0.25, 0.3) is 5.69 Å². The van der Waals surface area contributed by atoms with E-state index in [9.17, 15) is 4.79 Å². The van der Waals surface area contributed by atoms with Gasteiger partial charge in [0.1, 0.15) is 5.75 Å². The van der Waals surface area contributed by atoms with E-state index in [4.69, 9.17) is 4.74 Å². The molecule has 1 heterocycles. The summed E-state index contributed by atoms with van der Waals surface area (Å²) in [6.45, 7) is 4.29. The number of ether oxygens (including phenoxy) is 1. The predicted octanol–water partition coefficient (Wildman–Crippen LogP) is 3.63. The van der Waals surface area contributed by atoms with Crippen LogP contribution in [0.4, 0.5) is 0 Å². The molecule has 1 aromatic heterocycles. The summed E-state index contributed by atoms with van der Waals surface area (Å²) >= 11 is 1.59. The van der Waals surface area contributed by atoms with Crippen LogP contribution < -0.4 is 10.1 Å². The van der Waals surface area contributed by atoms with E-state index in [1.165, 1.54) is 0 Å². The summed E-state index contributed by atoms with van der Waals surface area (Å²) in [7, 11) is 1.63. The first-order valence-electron chi connectivity index (χ1n) is 8.69. The first kappa shape index (κ1) is 19.0. The molecule has 1 amide bonds. The lowest BCUT2D eigenvalue weighted by atomic mass is 10.1. The molecule has 27 heavy (non-hydrogen) atoms. The molecular formula is C20H22N4O2S. The molecule has 0 aliphatic carbocycles. The van der Waals surface area contributed by atoms with Gasteiger partial charge in [-0.05, 0) is 36.9 Å². The number of nitrogens with zero attached hydrogens (tertiary/aromatic N) is 3. The molecule has 1 N–H and O–H groups in total. The first-order valence-corrected chi connectivity index (χ1v) is 9.68. The third-order valence-corrected chi connectivity index (χ3v) is 4.80. The van der Waals surface area contributed by atoms with E-state index < -0.39 is 0 Å². The van der Waals surface area contributed by atoms with Gasteiger partial charge in [0, 0.05) is 5.56 Å². The molecule has 0 fully saturated rings. The molecular weight excluding hydrogens is 360 g/mol. The Hall–Kier alpha value is -2.80. The number of methoxy groups -OCH3 is 1. The molecule has 140 valence electrons. The average molecular weight is 382 g/mol. The highest BCUT2D eigenvalue weighted by molar-refractivity contribution is 7.99. The number of carbonyl (C=O) groups excluding carboxylic acids is 1. The molecule has 0 saturated carbocycles. The monoisotopic (exact) mass is 382 g/mol. The number of aromatic nitrogens is 3. The van der Waals surface area contributed by atoms with Crippen molar-refractivity contribution in [1.82, 2.24) is 20.1 Å². The summed E-state index contributed by atoms with van der Waals surface area (Å²) in [5, 5.41) is 12.3. The van der Waals surface area contributed by atoms with Crippen molar-refractivity contribution in [3.8, 4) is 11.4 Å². The number of benzene rings is 2. The van der Waals surface area contributed by atoms with Crippen molar-refractivity contribution in [3.05, 3.63) is 65.5 Å². The van der Waals surface area contributed by atoms with Gasteiger partial charge in [0.05, 0.1) is 19.3 Å². The molecule has 0 aliphatic rings. The van der Waals surface area contributed by atoms with E-state index in [2.05, 4.69) is 22.4 Å². The second-order valence-corrected chi connectivity index (χ2v) is 7.12.